The van der Waals surface area contributed by atoms with Crippen LogP contribution in [0.3, 0.4) is 0 Å². The number of likely N-dealkylation sites (tertiary alicyclic amines) is 1. The first kappa shape index (κ1) is 20.6. The van der Waals surface area contributed by atoms with Crippen molar-refractivity contribution < 1.29 is 23.8 Å². The molecule has 2 bridgehead atoms. The molecule has 4 aliphatic rings. The van der Waals surface area contributed by atoms with E-state index in [0.717, 1.165) is 17.5 Å². The number of amides is 2. The number of para-hydroxylation sites is 1. The molecule has 2 saturated heterocycles. The highest BCUT2D eigenvalue weighted by Crippen LogP contribution is 2.52. The highest BCUT2D eigenvalue weighted by molar-refractivity contribution is 5.93. The molecule has 4 aliphatic heterocycles. The molecule has 8 nitrogen and oxygen atoms in total. The maximum Gasteiger partial charge on any atom is 0.231 e. The fourth-order valence-electron chi connectivity index (χ4n) is 6.02. The Balaban J connectivity index is 1.05. The number of hydrogen-bond acceptors (Lipinski definition) is 5. The van der Waals surface area contributed by atoms with Crippen LogP contribution in [0.5, 0.6) is 11.5 Å². The second-order valence-corrected chi connectivity index (χ2v) is 9.67. The lowest BCUT2D eigenvalue weighted by molar-refractivity contribution is -0.137. The number of carbonyl (C=O) groups excluding carboxylic acids is 2. The predicted molar refractivity (Wildman–Crippen MR) is 127 cm³/mol. The molecule has 178 valence electrons. The van der Waals surface area contributed by atoms with E-state index in [4.69, 9.17) is 14.2 Å². The number of nitrogens with one attached hydrogen (secondary N) is 2. The summed E-state index contributed by atoms with van der Waals surface area (Å²) >= 11 is 0. The zero-order chi connectivity index (χ0) is 23.6. The zero-order valence-electron chi connectivity index (χ0n) is 19.0. The van der Waals surface area contributed by atoms with Crippen molar-refractivity contribution in [2.45, 2.75) is 24.7 Å². The van der Waals surface area contributed by atoms with Crippen LogP contribution < -0.4 is 14.8 Å². The van der Waals surface area contributed by atoms with Gasteiger partial charge in [0.2, 0.25) is 18.6 Å². The van der Waals surface area contributed by atoms with Gasteiger partial charge < -0.3 is 29.4 Å². The van der Waals surface area contributed by atoms with Gasteiger partial charge in [-0.25, -0.2) is 0 Å². The molecule has 0 saturated carbocycles. The van der Waals surface area contributed by atoms with Gasteiger partial charge in [-0.1, -0.05) is 36.4 Å². The van der Waals surface area contributed by atoms with Gasteiger partial charge in [-0.15, -0.1) is 0 Å². The molecule has 0 aliphatic carbocycles. The summed E-state index contributed by atoms with van der Waals surface area (Å²) in [5, 5.41) is 4.19. The Bertz CT molecular complexity index is 1380. The normalized spacial score (nSPS) is 27.7. The van der Waals surface area contributed by atoms with E-state index < -0.39 is 17.4 Å². The number of fused-ring (bicyclic) bond motifs is 3. The van der Waals surface area contributed by atoms with Crippen molar-refractivity contribution in [3.8, 4) is 11.5 Å². The number of benzene rings is 2. The second-order valence-electron chi connectivity index (χ2n) is 9.67. The molecule has 2 fully saturated rings. The molecule has 7 rings (SSSR count). The van der Waals surface area contributed by atoms with E-state index in [1.165, 1.54) is 10.9 Å². The van der Waals surface area contributed by atoms with Crippen LogP contribution in [0, 0.1) is 11.8 Å². The lowest BCUT2D eigenvalue weighted by Gasteiger charge is -2.23. The van der Waals surface area contributed by atoms with E-state index in [9.17, 15) is 9.59 Å². The average molecular weight is 472 g/mol. The summed E-state index contributed by atoms with van der Waals surface area (Å²) in [5.41, 5.74) is 2.48. The minimum absolute atomic E-state index is 0.0000733. The number of ether oxygens (including phenoxy) is 3. The maximum atomic E-state index is 13.5. The molecule has 35 heavy (non-hydrogen) atoms. The van der Waals surface area contributed by atoms with Crippen LogP contribution in [-0.4, -0.2) is 53.3 Å². The lowest BCUT2D eigenvalue weighted by atomic mass is 9.77. The van der Waals surface area contributed by atoms with Crippen LogP contribution >= 0.6 is 0 Å². The Morgan fingerprint density at radius 2 is 2.06 bits per heavy atom. The molecular weight excluding hydrogens is 446 g/mol. The summed E-state index contributed by atoms with van der Waals surface area (Å²) in [4.78, 5) is 31.9. The van der Waals surface area contributed by atoms with Gasteiger partial charge in [0.05, 0.1) is 24.5 Å². The first-order valence-corrected chi connectivity index (χ1v) is 12.0. The molecular formula is C27H25N3O5. The zero-order valence-corrected chi connectivity index (χ0v) is 19.0. The van der Waals surface area contributed by atoms with Gasteiger partial charge in [0.15, 0.2) is 11.5 Å². The number of hydrogen-bond donors (Lipinski definition) is 2. The average Bonchev–Trinajstić information content (AvgIpc) is 3.68. The summed E-state index contributed by atoms with van der Waals surface area (Å²) in [5.74, 6) is 0.212. The highest BCUT2D eigenvalue weighted by Gasteiger charge is 2.66. The predicted octanol–water partition coefficient (Wildman–Crippen LogP) is 2.54. The Labute approximate surface area is 201 Å². The lowest BCUT2D eigenvalue weighted by Crippen LogP contribution is -2.44. The maximum absolute atomic E-state index is 13.5. The highest BCUT2D eigenvalue weighted by atomic mass is 16.7. The Morgan fingerprint density at radius 3 is 3.00 bits per heavy atom. The standard InChI is InChI=1S/C27H25N3O5/c31-25(29-12-16-5-6-20-22(11-16)34-15-33-20)23-21-7-9-27(35-21)14-30(26(32)24(23)27)10-8-17-13-28-19-4-2-1-3-18(17)19/h1-7,9,11,13,21,23-24,28H,8,10,12,14-15H2,(H,29,31)/t21-,23-,24-,27+/m0/s1. The molecule has 5 heterocycles. The summed E-state index contributed by atoms with van der Waals surface area (Å²) < 4.78 is 17.0. The van der Waals surface area contributed by atoms with Crippen LogP contribution in [0.2, 0.25) is 0 Å². The number of aromatic amines is 1. The van der Waals surface area contributed by atoms with Crippen molar-refractivity contribution >= 4 is 22.7 Å². The molecule has 4 atom stereocenters. The van der Waals surface area contributed by atoms with Crippen molar-refractivity contribution in [2.75, 3.05) is 19.9 Å². The number of carbonyl (C=O) groups is 2. The minimum atomic E-state index is -0.706. The smallest absolute Gasteiger partial charge is 0.231 e. The molecule has 0 radical (unpaired) electrons. The number of H-pyrrole nitrogens is 1. The van der Waals surface area contributed by atoms with E-state index in [0.29, 0.717) is 31.1 Å². The fraction of sp³-hybridized carbons (Fsp3) is 0.333. The first-order valence-electron chi connectivity index (χ1n) is 12.0. The van der Waals surface area contributed by atoms with Crippen molar-refractivity contribution in [1.82, 2.24) is 15.2 Å². The third-order valence-corrected chi connectivity index (χ3v) is 7.71. The van der Waals surface area contributed by atoms with Crippen molar-refractivity contribution in [1.29, 1.82) is 0 Å². The van der Waals surface area contributed by atoms with Crippen molar-refractivity contribution in [3.63, 3.8) is 0 Å². The van der Waals surface area contributed by atoms with E-state index in [1.807, 2.05) is 59.6 Å². The van der Waals surface area contributed by atoms with E-state index in [2.05, 4.69) is 16.4 Å². The van der Waals surface area contributed by atoms with Gasteiger partial charge >= 0.3 is 0 Å². The summed E-state index contributed by atoms with van der Waals surface area (Å²) in [7, 11) is 0. The summed E-state index contributed by atoms with van der Waals surface area (Å²) in [6.07, 6.45) is 6.33. The first-order chi connectivity index (χ1) is 17.1. The second kappa shape index (κ2) is 7.61. The molecule has 1 aromatic heterocycles. The van der Waals surface area contributed by atoms with E-state index >= 15 is 0 Å². The van der Waals surface area contributed by atoms with Crippen LogP contribution in [0.4, 0.5) is 0 Å². The van der Waals surface area contributed by atoms with Crippen LogP contribution in [-0.2, 0) is 27.3 Å². The Kier molecular flexibility index (Phi) is 4.48. The monoisotopic (exact) mass is 471 g/mol. The SMILES string of the molecule is O=C(NCc1ccc2c(c1)OCO2)[C@H]1[C@@H]2C=C[C@]3(CN(CCc4c[nH]c5ccccc45)C(=O)[C@H]13)O2. The topological polar surface area (TPSA) is 92.9 Å². The number of aromatic nitrogens is 1. The van der Waals surface area contributed by atoms with Gasteiger partial charge in [0.25, 0.3) is 0 Å². The molecule has 2 amide bonds. The van der Waals surface area contributed by atoms with Gasteiger partial charge in [0, 0.05) is 30.2 Å². The van der Waals surface area contributed by atoms with Crippen LogP contribution in [0.1, 0.15) is 11.1 Å². The quantitative estimate of drug-likeness (QED) is 0.539. The minimum Gasteiger partial charge on any atom is -0.454 e. The molecule has 8 heteroatoms. The summed E-state index contributed by atoms with van der Waals surface area (Å²) in [6, 6.07) is 13.8. The number of rotatable bonds is 6. The largest absolute Gasteiger partial charge is 0.454 e. The van der Waals surface area contributed by atoms with E-state index in [-0.39, 0.29) is 24.7 Å². The molecule has 0 unspecified atom stereocenters. The molecule has 1 spiro atoms. The Morgan fingerprint density at radius 1 is 1.17 bits per heavy atom. The number of nitrogens with zero attached hydrogens (tertiary/aromatic N) is 1. The third kappa shape index (κ3) is 3.16. The van der Waals surface area contributed by atoms with Gasteiger partial charge in [-0.05, 0) is 35.7 Å². The van der Waals surface area contributed by atoms with Gasteiger partial charge in [-0.2, -0.15) is 0 Å². The van der Waals surface area contributed by atoms with Crippen molar-refractivity contribution in [3.05, 3.63) is 71.9 Å². The molecule has 2 N–H and O–H groups in total. The molecule has 3 aromatic rings. The van der Waals surface area contributed by atoms with Gasteiger partial charge in [-0.3, -0.25) is 9.59 Å². The van der Waals surface area contributed by atoms with Crippen LogP contribution in [0.15, 0.2) is 60.8 Å². The fourth-order valence-corrected chi connectivity index (χ4v) is 6.02. The van der Waals surface area contributed by atoms with Crippen LogP contribution in [0.25, 0.3) is 10.9 Å². The van der Waals surface area contributed by atoms with Gasteiger partial charge in [0.1, 0.15) is 5.60 Å². The van der Waals surface area contributed by atoms with Crippen molar-refractivity contribution in [2.24, 2.45) is 11.8 Å². The summed E-state index contributed by atoms with van der Waals surface area (Å²) in [6.45, 7) is 1.63. The third-order valence-electron chi connectivity index (χ3n) is 7.71. The molecule has 2 aromatic carbocycles. The Hall–Kier alpha value is -3.78. The van der Waals surface area contributed by atoms with E-state index in [1.54, 1.807) is 0 Å².